The van der Waals surface area contributed by atoms with Crippen LogP contribution in [0.25, 0.3) is 0 Å². The first kappa shape index (κ1) is 11.6. The van der Waals surface area contributed by atoms with Gasteiger partial charge in [-0.25, -0.2) is 4.98 Å². The quantitative estimate of drug-likeness (QED) is 0.655. The molecule has 2 heterocycles. The van der Waals surface area contributed by atoms with Gasteiger partial charge in [0.2, 0.25) is 0 Å². The SMILES string of the molecule is Nc1cc([N+](=O)[O-])cc(C2CCc3cccnc32)n1. The Morgan fingerprint density at radius 3 is 3.05 bits per heavy atom. The Hall–Kier alpha value is -2.50. The molecule has 0 bridgehead atoms. The normalized spacial score (nSPS) is 17.2. The van der Waals surface area contributed by atoms with Crippen LogP contribution < -0.4 is 5.73 Å². The summed E-state index contributed by atoms with van der Waals surface area (Å²) in [5.74, 6) is 0.173. The van der Waals surface area contributed by atoms with Crippen LogP contribution >= 0.6 is 0 Å². The third-order valence-electron chi connectivity index (χ3n) is 3.38. The van der Waals surface area contributed by atoms with Gasteiger partial charge in [0.1, 0.15) is 5.82 Å². The van der Waals surface area contributed by atoms with Crippen LogP contribution in [0.3, 0.4) is 0 Å². The number of nitrogens with two attached hydrogens (primary N) is 1. The predicted octanol–water partition coefficient (Wildman–Crippen LogP) is 2.05. The fourth-order valence-electron chi connectivity index (χ4n) is 2.54. The van der Waals surface area contributed by atoms with E-state index in [-0.39, 0.29) is 17.4 Å². The highest BCUT2D eigenvalue weighted by Gasteiger charge is 2.27. The number of aryl methyl sites for hydroxylation is 1. The number of hydrogen-bond donors (Lipinski definition) is 1. The maximum Gasteiger partial charge on any atom is 0.274 e. The number of nitro groups is 1. The van der Waals surface area contributed by atoms with Crippen LogP contribution in [0.1, 0.15) is 29.3 Å². The molecule has 1 atom stereocenters. The van der Waals surface area contributed by atoms with Gasteiger partial charge < -0.3 is 5.73 Å². The first-order valence-electron chi connectivity index (χ1n) is 6.01. The number of pyridine rings is 2. The van der Waals surface area contributed by atoms with Crippen LogP contribution in [0.4, 0.5) is 11.5 Å². The molecular formula is C13H12N4O2. The summed E-state index contributed by atoms with van der Waals surface area (Å²) in [5, 5.41) is 10.9. The third kappa shape index (κ3) is 2.01. The molecule has 0 saturated heterocycles. The summed E-state index contributed by atoms with van der Waals surface area (Å²) in [6, 6.07) is 6.70. The van der Waals surface area contributed by atoms with Crippen molar-refractivity contribution in [2.75, 3.05) is 5.73 Å². The van der Waals surface area contributed by atoms with Crippen molar-refractivity contribution < 1.29 is 4.92 Å². The minimum Gasteiger partial charge on any atom is -0.383 e. The van der Waals surface area contributed by atoms with E-state index in [4.69, 9.17) is 5.73 Å². The molecule has 0 radical (unpaired) electrons. The fourth-order valence-corrected chi connectivity index (χ4v) is 2.54. The minimum absolute atomic E-state index is 0.00148. The standard InChI is InChI=1S/C13H12N4O2/c14-12-7-9(17(18)19)6-11(16-12)10-4-3-8-2-1-5-15-13(8)10/h1-2,5-7,10H,3-4H2,(H2,14,16). The molecule has 0 amide bonds. The van der Waals surface area contributed by atoms with Crippen molar-refractivity contribution in [2.24, 2.45) is 0 Å². The second-order valence-electron chi connectivity index (χ2n) is 4.57. The van der Waals surface area contributed by atoms with E-state index in [0.29, 0.717) is 5.69 Å². The molecule has 0 spiro atoms. The smallest absolute Gasteiger partial charge is 0.274 e. The number of rotatable bonds is 2. The van der Waals surface area contributed by atoms with Gasteiger partial charge in [-0.2, -0.15) is 0 Å². The van der Waals surface area contributed by atoms with E-state index in [1.807, 2.05) is 12.1 Å². The molecule has 1 unspecified atom stereocenters. The molecule has 2 aromatic heterocycles. The molecule has 1 aliphatic rings. The molecule has 3 rings (SSSR count). The Labute approximate surface area is 109 Å². The predicted molar refractivity (Wildman–Crippen MR) is 69.7 cm³/mol. The summed E-state index contributed by atoms with van der Waals surface area (Å²) in [4.78, 5) is 19.0. The molecule has 2 N–H and O–H groups in total. The van der Waals surface area contributed by atoms with Crippen LogP contribution in [-0.2, 0) is 6.42 Å². The number of anilines is 1. The van der Waals surface area contributed by atoms with Crippen molar-refractivity contribution in [3.8, 4) is 0 Å². The van der Waals surface area contributed by atoms with Gasteiger partial charge in [-0.05, 0) is 24.5 Å². The Bertz CT molecular complexity index is 657. The van der Waals surface area contributed by atoms with Gasteiger partial charge in [-0.1, -0.05) is 6.07 Å². The number of nitrogen functional groups attached to an aromatic ring is 1. The lowest BCUT2D eigenvalue weighted by Crippen LogP contribution is -2.05. The lowest BCUT2D eigenvalue weighted by atomic mass is 10.0. The molecule has 2 aromatic rings. The van der Waals surface area contributed by atoms with Crippen LogP contribution in [0, 0.1) is 10.1 Å². The Morgan fingerprint density at radius 1 is 1.42 bits per heavy atom. The molecule has 6 heteroatoms. The van der Waals surface area contributed by atoms with Crippen molar-refractivity contribution >= 4 is 11.5 Å². The molecule has 0 fully saturated rings. The number of fused-ring (bicyclic) bond motifs is 1. The van der Waals surface area contributed by atoms with E-state index >= 15 is 0 Å². The van der Waals surface area contributed by atoms with E-state index in [9.17, 15) is 10.1 Å². The topological polar surface area (TPSA) is 94.9 Å². The molecule has 0 saturated carbocycles. The molecule has 96 valence electrons. The van der Waals surface area contributed by atoms with Crippen molar-refractivity contribution in [1.29, 1.82) is 0 Å². The van der Waals surface area contributed by atoms with Gasteiger partial charge in [0.05, 0.1) is 22.4 Å². The Balaban J connectivity index is 2.07. The zero-order valence-corrected chi connectivity index (χ0v) is 10.1. The Kier molecular flexibility index (Phi) is 2.63. The summed E-state index contributed by atoms with van der Waals surface area (Å²) in [6.45, 7) is 0. The highest BCUT2D eigenvalue weighted by molar-refractivity contribution is 5.46. The van der Waals surface area contributed by atoms with E-state index in [2.05, 4.69) is 9.97 Å². The molecule has 1 aliphatic carbocycles. The lowest BCUT2D eigenvalue weighted by Gasteiger charge is -2.10. The minimum atomic E-state index is -0.449. The highest BCUT2D eigenvalue weighted by atomic mass is 16.6. The zero-order valence-electron chi connectivity index (χ0n) is 10.1. The van der Waals surface area contributed by atoms with Gasteiger partial charge in [-0.15, -0.1) is 0 Å². The lowest BCUT2D eigenvalue weighted by molar-refractivity contribution is -0.384. The summed E-state index contributed by atoms with van der Waals surface area (Å²) >= 11 is 0. The average Bonchev–Trinajstić information content (AvgIpc) is 2.81. The first-order valence-corrected chi connectivity index (χ1v) is 6.01. The molecular weight excluding hydrogens is 244 g/mol. The molecule has 0 aliphatic heterocycles. The van der Waals surface area contributed by atoms with Gasteiger partial charge >= 0.3 is 0 Å². The summed E-state index contributed by atoms with van der Waals surface area (Å²) in [7, 11) is 0. The van der Waals surface area contributed by atoms with Crippen molar-refractivity contribution in [3.05, 3.63) is 57.5 Å². The van der Waals surface area contributed by atoms with Crippen LogP contribution in [0.5, 0.6) is 0 Å². The second-order valence-corrected chi connectivity index (χ2v) is 4.57. The molecule has 0 aromatic carbocycles. The third-order valence-corrected chi connectivity index (χ3v) is 3.38. The maximum atomic E-state index is 10.9. The van der Waals surface area contributed by atoms with Gasteiger partial charge in [-0.3, -0.25) is 15.1 Å². The molecule has 6 nitrogen and oxygen atoms in total. The van der Waals surface area contributed by atoms with E-state index in [1.165, 1.54) is 17.7 Å². The van der Waals surface area contributed by atoms with Gasteiger partial charge in [0, 0.05) is 18.2 Å². The van der Waals surface area contributed by atoms with Crippen molar-refractivity contribution in [2.45, 2.75) is 18.8 Å². The highest BCUT2D eigenvalue weighted by Crippen LogP contribution is 2.36. The van der Waals surface area contributed by atoms with Crippen LogP contribution in [0.2, 0.25) is 0 Å². The second kappa shape index (κ2) is 4.31. The fraction of sp³-hybridized carbons (Fsp3) is 0.231. The summed E-state index contributed by atoms with van der Waals surface area (Å²) in [6.07, 6.45) is 3.51. The first-order chi connectivity index (χ1) is 9.15. The van der Waals surface area contributed by atoms with E-state index in [1.54, 1.807) is 6.20 Å². The average molecular weight is 256 g/mol. The summed E-state index contributed by atoms with van der Waals surface area (Å²) in [5.41, 5.74) is 8.39. The van der Waals surface area contributed by atoms with Crippen molar-refractivity contribution in [1.82, 2.24) is 9.97 Å². The number of hydrogen-bond acceptors (Lipinski definition) is 5. The van der Waals surface area contributed by atoms with Gasteiger partial charge in [0.15, 0.2) is 0 Å². The number of aromatic nitrogens is 2. The molecule has 19 heavy (non-hydrogen) atoms. The summed E-state index contributed by atoms with van der Waals surface area (Å²) < 4.78 is 0. The van der Waals surface area contributed by atoms with Crippen molar-refractivity contribution in [3.63, 3.8) is 0 Å². The number of nitrogens with zero attached hydrogens (tertiary/aromatic N) is 3. The van der Waals surface area contributed by atoms with E-state index in [0.717, 1.165) is 18.5 Å². The van der Waals surface area contributed by atoms with Gasteiger partial charge in [0.25, 0.3) is 5.69 Å². The van der Waals surface area contributed by atoms with Crippen LogP contribution in [-0.4, -0.2) is 14.9 Å². The largest absolute Gasteiger partial charge is 0.383 e. The Morgan fingerprint density at radius 2 is 2.26 bits per heavy atom. The zero-order chi connectivity index (χ0) is 13.4. The van der Waals surface area contributed by atoms with Crippen LogP contribution in [0.15, 0.2) is 30.5 Å². The maximum absolute atomic E-state index is 10.9. The monoisotopic (exact) mass is 256 g/mol. The van der Waals surface area contributed by atoms with E-state index < -0.39 is 4.92 Å².